The molecule has 1 aromatic rings. The number of amides is 1. The standard InChI is InChI=1S/C14H17ClN2O2/c15-13-9(2-1-3-11(13)16)14(19)17-6-8-4-5-12(18)10(8)7-17/h1-3,8,10,12,18H,4-7,16H2. The highest BCUT2D eigenvalue weighted by Crippen LogP contribution is 2.39. The number of fused-ring (bicyclic) bond motifs is 1. The van der Waals surface area contributed by atoms with E-state index in [1.165, 1.54) is 0 Å². The number of halogens is 1. The number of carbonyl (C=O) groups is 1. The van der Waals surface area contributed by atoms with Crippen LogP contribution in [-0.2, 0) is 0 Å². The molecule has 1 heterocycles. The second-order valence-corrected chi connectivity index (χ2v) is 5.87. The lowest BCUT2D eigenvalue weighted by Crippen LogP contribution is -2.31. The predicted octanol–water partition coefficient (Wildman–Crippen LogP) is 1.77. The first-order valence-electron chi connectivity index (χ1n) is 6.59. The van der Waals surface area contributed by atoms with E-state index in [0.717, 1.165) is 12.8 Å². The van der Waals surface area contributed by atoms with Crippen molar-refractivity contribution in [1.29, 1.82) is 0 Å². The molecule has 102 valence electrons. The average Bonchev–Trinajstić information content (AvgIpc) is 2.95. The molecule has 3 N–H and O–H groups in total. The van der Waals surface area contributed by atoms with Crippen molar-refractivity contribution in [1.82, 2.24) is 4.90 Å². The molecular formula is C14H17ClN2O2. The molecule has 1 saturated heterocycles. The van der Waals surface area contributed by atoms with Crippen molar-refractivity contribution in [3.8, 4) is 0 Å². The maximum atomic E-state index is 12.5. The lowest BCUT2D eigenvalue weighted by molar-refractivity contribution is 0.0752. The van der Waals surface area contributed by atoms with Gasteiger partial charge in [-0.1, -0.05) is 17.7 Å². The van der Waals surface area contributed by atoms with Gasteiger partial charge in [0.05, 0.1) is 22.4 Å². The zero-order valence-corrected chi connectivity index (χ0v) is 11.3. The minimum absolute atomic E-state index is 0.0844. The van der Waals surface area contributed by atoms with Crippen LogP contribution in [0.3, 0.4) is 0 Å². The second-order valence-electron chi connectivity index (χ2n) is 5.49. The van der Waals surface area contributed by atoms with Crippen LogP contribution in [0.2, 0.25) is 5.02 Å². The van der Waals surface area contributed by atoms with Gasteiger partial charge in [0.2, 0.25) is 0 Å². The molecular weight excluding hydrogens is 264 g/mol. The molecule has 0 spiro atoms. The lowest BCUT2D eigenvalue weighted by Gasteiger charge is -2.19. The van der Waals surface area contributed by atoms with Crippen LogP contribution in [0.25, 0.3) is 0 Å². The number of hydrogen-bond acceptors (Lipinski definition) is 3. The van der Waals surface area contributed by atoms with E-state index in [4.69, 9.17) is 17.3 Å². The van der Waals surface area contributed by atoms with E-state index < -0.39 is 0 Å². The highest BCUT2D eigenvalue weighted by Gasteiger charge is 2.43. The normalized spacial score (nSPS) is 29.6. The van der Waals surface area contributed by atoms with E-state index in [2.05, 4.69) is 0 Å². The van der Waals surface area contributed by atoms with Crippen LogP contribution < -0.4 is 5.73 Å². The van der Waals surface area contributed by atoms with Crippen LogP contribution in [0, 0.1) is 11.8 Å². The van der Waals surface area contributed by atoms with Crippen LogP contribution in [0.4, 0.5) is 5.69 Å². The summed E-state index contributed by atoms with van der Waals surface area (Å²) in [7, 11) is 0. The topological polar surface area (TPSA) is 66.6 Å². The first-order valence-corrected chi connectivity index (χ1v) is 6.97. The molecule has 2 aliphatic rings. The van der Waals surface area contributed by atoms with Crippen LogP contribution in [0.5, 0.6) is 0 Å². The monoisotopic (exact) mass is 280 g/mol. The Labute approximate surface area is 117 Å². The number of hydrogen-bond donors (Lipinski definition) is 2. The van der Waals surface area contributed by atoms with Gasteiger partial charge in [-0.15, -0.1) is 0 Å². The summed E-state index contributed by atoms with van der Waals surface area (Å²) in [5.41, 5.74) is 6.61. The molecule has 19 heavy (non-hydrogen) atoms. The van der Waals surface area contributed by atoms with Crippen LogP contribution in [0.15, 0.2) is 18.2 Å². The summed E-state index contributed by atoms with van der Waals surface area (Å²) in [5.74, 6) is 0.571. The Morgan fingerprint density at radius 3 is 2.89 bits per heavy atom. The summed E-state index contributed by atoms with van der Waals surface area (Å²) in [4.78, 5) is 14.3. The Balaban J connectivity index is 1.81. The van der Waals surface area contributed by atoms with Crippen LogP contribution in [-0.4, -0.2) is 35.1 Å². The van der Waals surface area contributed by atoms with Crippen molar-refractivity contribution in [3.63, 3.8) is 0 Å². The molecule has 0 bridgehead atoms. The molecule has 2 fully saturated rings. The molecule has 1 saturated carbocycles. The zero-order chi connectivity index (χ0) is 13.6. The minimum atomic E-state index is -0.265. The van der Waals surface area contributed by atoms with E-state index in [9.17, 15) is 9.90 Å². The van der Waals surface area contributed by atoms with Crippen LogP contribution >= 0.6 is 11.6 Å². The van der Waals surface area contributed by atoms with Crippen molar-refractivity contribution in [3.05, 3.63) is 28.8 Å². The number of nitrogen functional groups attached to an aromatic ring is 1. The third-order valence-corrected chi connectivity index (χ3v) is 4.79. The Bertz CT molecular complexity index is 520. The van der Waals surface area contributed by atoms with E-state index in [-0.39, 0.29) is 17.9 Å². The van der Waals surface area contributed by atoms with E-state index >= 15 is 0 Å². The number of aliphatic hydroxyl groups is 1. The molecule has 1 aliphatic heterocycles. The summed E-state index contributed by atoms with van der Waals surface area (Å²) >= 11 is 6.09. The van der Waals surface area contributed by atoms with Gasteiger partial charge in [-0.05, 0) is 30.9 Å². The molecule has 0 radical (unpaired) electrons. The number of carbonyl (C=O) groups excluding carboxylic acids is 1. The van der Waals surface area contributed by atoms with Gasteiger partial charge in [0.15, 0.2) is 0 Å². The molecule has 1 amide bonds. The van der Waals surface area contributed by atoms with Crippen molar-refractivity contribution < 1.29 is 9.90 Å². The predicted molar refractivity (Wildman–Crippen MR) is 74.0 cm³/mol. The van der Waals surface area contributed by atoms with E-state index in [1.807, 2.05) is 0 Å². The van der Waals surface area contributed by atoms with Gasteiger partial charge in [0.25, 0.3) is 5.91 Å². The number of rotatable bonds is 1. The smallest absolute Gasteiger partial charge is 0.255 e. The Kier molecular flexibility index (Phi) is 3.15. The summed E-state index contributed by atoms with van der Waals surface area (Å²) in [6.07, 6.45) is 1.59. The summed E-state index contributed by atoms with van der Waals surface area (Å²) in [6.45, 7) is 1.33. The van der Waals surface area contributed by atoms with Gasteiger partial charge in [0.1, 0.15) is 0 Å². The minimum Gasteiger partial charge on any atom is -0.398 e. The summed E-state index contributed by atoms with van der Waals surface area (Å²) in [6, 6.07) is 5.12. The number of nitrogens with two attached hydrogens (primary N) is 1. The number of aliphatic hydroxyl groups excluding tert-OH is 1. The Morgan fingerprint density at radius 1 is 1.37 bits per heavy atom. The fraction of sp³-hybridized carbons (Fsp3) is 0.500. The molecule has 4 nitrogen and oxygen atoms in total. The Morgan fingerprint density at radius 2 is 2.16 bits per heavy atom. The number of anilines is 1. The van der Waals surface area contributed by atoms with E-state index in [1.54, 1.807) is 23.1 Å². The molecule has 1 aromatic carbocycles. The SMILES string of the molecule is Nc1cccc(C(=O)N2CC3CCC(O)C3C2)c1Cl. The van der Waals surface area contributed by atoms with Crippen molar-refractivity contribution >= 4 is 23.2 Å². The van der Waals surface area contributed by atoms with Gasteiger partial charge >= 0.3 is 0 Å². The van der Waals surface area contributed by atoms with Gasteiger partial charge in [0, 0.05) is 19.0 Å². The molecule has 0 aromatic heterocycles. The first-order chi connectivity index (χ1) is 9.08. The third-order valence-electron chi connectivity index (χ3n) is 4.37. The summed E-state index contributed by atoms with van der Waals surface area (Å²) < 4.78 is 0. The molecule has 3 unspecified atom stereocenters. The fourth-order valence-electron chi connectivity index (χ4n) is 3.29. The van der Waals surface area contributed by atoms with Crippen LogP contribution in [0.1, 0.15) is 23.2 Å². The van der Waals surface area contributed by atoms with E-state index in [0.29, 0.717) is 35.3 Å². The maximum absolute atomic E-state index is 12.5. The quantitative estimate of drug-likeness (QED) is 0.771. The number of likely N-dealkylation sites (tertiary alicyclic amines) is 1. The maximum Gasteiger partial charge on any atom is 0.255 e. The summed E-state index contributed by atoms with van der Waals surface area (Å²) in [5, 5.41) is 10.2. The highest BCUT2D eigenvalue weighted by atomic mass is 35.5. The molecule has 5 heteroatoms. The Hall–Kier alpha value is -1.26. The first kappa shape index (κ1) is 12.8. The lowest BCUT2D eigenvalue weighted by atomic mass is 10.00. The highest BCUT2D eigenvalue weighted by molar-refractivity contribution is 6.36. The van der Waals surface area contributed by atoms with Crippen molar-refractivity contribution in [2.45, 2.75) is 18.9 Å². The second kappa shape index (κ2) is 4.69. The van der Waals surface area contributed by atoms with Gasteiger partial charge in [-0.25, -0.2) is 0 Å². The molecule has 1 aliphatic carbocycles. The van der Waals surface area contributed by atoms with Crippen molar-refractivity contribution in [2.75, 3.05) is 18.8 Å². The van der Waals surface area contributed by atoms with Gasteiger partial charge < -0.3 is 15.7 Å². The largest absolute Gasteiger partial charge is 0.398 e. The fourth-order valence-corrected chi connectivity index (χ4v) is 3.49. The third kappa shape index (κ3) is 2.09. The van der Waals surface area contributed by atoms with Crippen molar-refractivity contribution in [2.24, 2.45) is 11.8 Å². The van der Waals surface area contributed by atoms with Gasteiger partial charge in [-0.3, -0.25) is 4.79 Å². The molecule has 3 atom stereocenters. The van der Waals surface area contributed by atoms with Gasteiger partial charge in [-0.2, -0.15) is 0 Å². The molecule has 3 rings (SSSR count). The average molecular weight is 281 g/mol. The number of benzene rings is 1. The number of nitrogens with zero attached hydrogens (tertiary/aromatic N) is 1. The zero-order valence-electron chi connectivity index (χ0n) is 10.6.